The van der Waals surface area contributed by atoms with Crippen LogP contribution in [0.2, 0.25) is 5.02 Å². The van der Waals surface area contributed by atoms with E-state index < -0.39 is 0 Å². The molecule has 14 heavy (non-hydrogen) atoms. The summed E-state index contributed by atoms with van der Waals surface area (Å²) in [7, 11) is 0. The fourth-order valence-electron chi connectivity index (χ4n) is 1.23. The van der Waals surface area contributed by atoms with Crippen molar-refractivity contribution in [3.05, 3.63) is 33.6 Å². The highest BCUT2D eigenvalue weighted by Crippen LogP contribution is 2.27. The van der Waals surface area contributed by atoms with Gasteiger partial charge >= 0.3 is 0 Å². The van der Waals surface area contributed by atoms with E-state index in [1.807, 2.05) is 25.1 Å². The molecule has 0 aliphatic rings. The van der Waals surface area contributed by atoms with E-state index in [0.717, 1.165) is 11.1 Å². The van der Waals surface area contributed by atoms with E-state index in [9.17, 15) is 0 Å². The number of aromatic amines is 2. The summed E-state index contributed by atoms with van der Waals surface area (Å²) in [6, 6.07) is 5.78. The van der Waals surface area contributed by atoms with Crippen molar-refractivity contribution in [2.45, 2.75) is 6.92 Å². The van der Waals surface area contributed by atoms with Gasteiger partial charge in [-0.05, 0) is 30.8 Å². The highest BCUT2D eigenvalue weighted by Gasteiger charge is 2.07. The summed E-state index contributed by atoms with van der Waals surface area (Å²) in [6.07, 6.45) is 0. The average molecular weight is 226 g/mol. The molecule has 1 aromatic carbocycles. The van der Waals surface area contributed by atoms with Crippen LogP contribution in [-0.2, 0) is 0 Å². The predicted molar refractivity (Wildman–Crippen MR) is 59.0 cm³/mol. The number of hydrogen-bond donors (Lipinski definition) is 2. The van der Waals surface area contributed by atoms with Gasteiger partial charge in [-0.3, -0.25) is 10.2 Å². The molecule has 1 aromatic heterocycles. The number of aryl methyl sites for hydroxylation is 1. The Kier molecular flexibility index (Phi) is 2.39. The SMILES string of the molecule is Cc1cccc(-c2nc(=S)[nH][nH]2)c1Cl. The molecule has 0 amide bonds. The van der Waals surface area contributed by atoms with E-state index in [2.05, 4.69) is 15.2 Å². The highest BCUT2D eigenvalue weighted by molar-refractivity contribution is 7.71. The lowest BCUT2D eigenvalue weighted by Gasteiger charge is -2.02. The standard InChI is InChI=1S/C9H8ClN3S/c1-5-3-2-4-6(7(5)10)8-11-9(14)13-12-8/h2-4H,1H3,(H2,11,12,13,14). The van der Waals surface area contributed by atoms with E-state index in [1.54, 1.807) is 0 Å². The summed E-state index contributed by atoms with van der Waals surface area (Å²) in [5, 5.41) is 6.30. The van der Waals surface area contributed by atoms with Crippen LogP contribution in [0.5, 0.6) is 0 Å². The third-order valence-corrected chi connectivity index (χ3v) is 2.64. The minimum atomic E-state index is 0.428. The molecule has 2 rings (SSSR count). The van der Waals surface area contributed by atoms with Crippen LogP contribution >= 0.6 is 23.8 Å². The first-order valence-corrected chi connectivity index (χ1v) is 4.87. The van der Waals surface area contributed by atoms with Crippen molar-refractivity contribution in [1.29, 1.82) is 0 Å². The Labute approximate surface area is 91.1 Å². The molecule has 0 unspecified atom stereocenters. The van der Waals surface area contributed by atoms with Crippen LogP contribution in [0.1, 0.15) is 5.56 Å². The number of halogens is 1. The van der Waals surface area contributed by atoms with Crippen LogP contribution in [0.3, 0.4) is 0 Å². The Hall–Kier alpha value is -1.13. The summed E-state index contributed by atoms with van der Waals surface area (Å²) in [5.41, 5.74) is 1.88. The summed E-state index contributed by atoms with van der Waals surface area (Å²) in [6.45, 7) is 1.95. The first-order chi connectivity index (χ1) is 6.68. The van der Waals surface area contributed by atoms with Gasteiger partial charge in [-0.25, -0.2) is 0 Å². The maximum Gasteiger partial charge on any atom is 0.213 e. The largest absolute Gasteiger partial charge is 0.282 e. The number of nitrogens with one attached hydrogen (secondary N) is 2. The molecule has 0 aliphatic carbocycles. The summed E-state index contributed by atoms with van der Waals surface area (Å²) in [4.78, 5) is 4.10. The van der Waals surface area contributed by atoms with Gasteiger partial charge in [0.1, 0.15) is 0 Å². The first-order valence-electron chi connectivity index (χ1n) is 4.08. The molecule has 5 heteroatoms. The Bertz CT molecular complexity index is 515. The quantitative estimate of drug-likeness (QED) is 0.733. The first kappa shape index (κ1) is 9.43. The van der Waals surface area contributed by atoms with Gasteiger partial charge in [0.25, 0.3) is 0 Å². The van der Waals surface area contributed by atoms with E-state index in [0.29, 0.717) is 15.6 Å². The molecule has 0 saturated heterocycles. The molecule has 0 aliphatic heterocycles. The van der Waals surface area contributed by atoms with Gasteiger partial charge in [0.05, 0.1) is 5.02 Å². The number of benzene rings is 1. The molecule has 0 bridgehead atoms. The summed E-state index contributed by atoms with van der Waals surface area (Å²) >= 11 is 11.0. The van der Waals surface area contributed by atoms with Crippen molar-refractivity contribution in [3.8, 4) is 11.4 Å². The molecule has 3 nitrogen and oxygen atoms in total. The predicted octanol–water partition coefficient (Wildman–Crippen LogP) is 3.10. The number of nitrogens with zero attached hydrogens (tertiary/aromatic N) is 1. The van der Waals surface area contributed by atoms with Gasteiger partial charge in [-0.1, -0.05) is 23.7 Å². The Balaban J connectivity index is 2.62. The van der Waals surface area contributed by atoms with Crippen molar-refractivity contribution in [1.82, 2.24) is 15.2 Å². The van der Waals surface area contributed by atoms with Crippen LogP contribution in [0, 0.1) is 11.7 Å². The van der Waals surface area contributed by atoms with Crippen molar-refractivity contribution < 1.29 is 0 Å². The number of rotatable bonds is 1. The van der Waals surface area contributed by atoms with E-state index in [4.69, 9.17) is 23.8 Å². The minimum Gasteiger partial charge on any atom is -0.282 e. The molecule has 0 saturated carbocycles. The molecular formula is C9H8ClN3S. The van der Waals surface area contributed by atoms with Crippen LogP contribution < -0.4 is 0 Å². The maximum atomic E-state index is 6.13. The van der Waals surface area contributed by atoms with Gasteiger partial charge in [0, 0.05) is 5.56 Å². The van der Waals surface area contributed by atoms with Crippen molar-refractivity contribution in [2.24, 2.45) is 0 Å². The lowest BCUT2D eigenvalue weighted by Crippen LogP contribution is -1.84. The van der Waals surface area contributed by atoms with Crippen molar-refractivity contribution in [2.75, 3.05) is 0 Å². The van der Waals surface area contributed by atoms with Crippen molar-refractivity contribution >= 4 is 23.8 Å². The van der Waals surface area contributed by atoms with E-state index in [1.165, 1.54) is 0 Å². The Morgan fingerprint density at radius 3 is 2.79 bits per heavy atom. The van der Waals surface area contributed by atoms with Gasteiger partial charge < -0.3 is 0 Å². The lowest BCUT2D eigenvalue weighted by molar-refractivity contribution is 1.08. The monoisotopic (exact) mass is 225 g/mol. The molecule has 2 aromatic rings. The highest BCUT2D eigenvalue weighted by atomic mass is 35.5. The van der Waals surface area contributed by atoms with E-state index in [-0.39, 0.29) is 0 Å². The number of H-pyrrole nitrogens is 2. The minimum absolute atomic E-state index is 0.428. The molecule has 2 N–H and O–H groups in total. The zero-order chi connectivity index (χ0) is 10.1. The molecule has 1 heterocycles. The Morgan fingerprint density at radius 2 is 2.14 bits per heavy atom. The van der Waals surface area contributed by atoms with Gasteiger partial charge in [0.15, 0.2) is 5.82 Å². The van der Waals surface area contributed by atoms with Crippen LogP contribution in [0.4, 0.5) is 0 Å². The third-order valence-electron chi connectivity index (χ3n) is 1.95. The smallest absolute Gasteiger partial charge is 0.213 e. The molecule has 0 atom stereocenters. The maximum absolute atomic E-state index is 6.13. The van der Waals surface area contributed by atoms with Crippen molar-refractivity contribution in [3.63, 3.8) is 0 Å². The van der Waals surface area contributed by atoms with Crippen LogP contribution in [0.25, 0.3) is 11.4 Å². The zero-order valence-electron chi connectivity index (χ0n) is 7.47. The molecular weight excluding hydrogens is 218 g/mol. The number of aromatic nitrogens is 3. The fraction of sp³-hybridized carbons (Fsp3) is 0.111. The van der Waals surface area contributed by atoms with Gasteiger partial charge in [-0.15, -0.1) is 0 Å². The van der Waals surface area contributed by atoms with Crippen LogP contribution in [-0.4, -0.2) is 15.2 Å². The zero-order valence-corrected chi connectivity index (χ0v) is 9.04. The second kappa shape index (κ2) is 3.55. The lowest BCUT2D eigenvalue weighted by atomic mass is 10.1. The molecule has 0 spiro atoms. The normalized spacial score (nSPS) is 10.4. The molecule has 0 radical (unpaired) electrons. The van der Waals surface area contributed by atoms with Crippen LogP contribution in [0.15, 0.2) is 18.2 Å². The summed E-state index contributed by atoms with van der Waals surface area (Å²) < 4.78 is 0.428. The topological polar surface area (TPSA) is 44.5 Å². The van der Waals surface area contributed by atoms with Gasteiger partial charge in [0.2, 0.25) is 4.77 Å². The fourth-order valence-corrected chi connectivity index (χ4v) is 1.59. The average Bonchev–Trinajstić information content (AvgIpc) is 2.57. The van der Waals surface area contributed by atoms with Gasteiger partial charge in [-0.2, -0.15) is 4.98 Å². The number of hydrogen-bond acceptors (Lipinski definition) is 2. The Morgan fingerprint density at radius 1 is 1.36 bits per heavy atom. The molecule has 72 valence electrons. The second-order valence-corrected chi connectivity index (χ2v) is 3.72. The van der Waals surface area contributed by atoms with E-state index >= 15 is 0 Å². The summed E-state index contributed by atoms with van der Waals surface area (Å²) in [5.74, 6) is 0.670. The molecule has 0 fully saturated rings. The second-order valence-electron chi connectivity index (χ2n) is 2.95. The third kappa shape index (κ3) is 1.58.